The van der Waals surface area contributed by atoms with Gasteiger partial charge in [-0.2, -0.15) is 0 Å². The highest BCUT2D eigenvalue weighted by Gasteiger charge is 2.13. The Kier molecular flexibility index (Phi) is 3.47. The van der Waals surface area contributed by atoms with Gasteiger partial charge in [0.15, 0.2) is 11.6 Å². The van der Waals surface area contributed by atoms with Gasteiger partial charge < -0.3 is 15.4 Å². The summed E-state index contributed by atoms with van der Waals surface area (Å²) in [5.74, 6) is -0.0286. The maximum atomic E-state index is 13.2. The SMILES string of the molecule is Fc1cccnc1NCC1COCCN1. The fourth-order valence-electron chi connectivity index (χ4n) is 1.49. The molecule has 2 N–H and O–H groups in total. The molecule has 0 spiro atoms. The first-order chi connectivity index (χ1) is 7.36. The number of hydrogen-bond donors (Lipinski definition) is 2. The van der Waals surface area contributed by atoms with Crippen LogP contribution >= 0.6 is 0 Å². The first-order valence-corrected chi connectivity index (χ1v) is 5.02. The Hall–Kier alpha value is -1.20. The lowest BCUT2D eigenvalue weighted by molar-refractivity contribution is 0.0806. The molecule has 0 saturated carbocycles. The van der Waals surface area contributed by atoms with Gasteiger partial charge in [0.25, 0.3) is 0 Å². The Morgan fingerprint density at radius 2 is 2.60 bits per heavy atom. The van der Waals surface area contributed by atoms with Gasteiger partial charge in [-0.15, -0.1) is 0 Å². The van der Waals surface area contributed by atoms with Gasteiger partial charge in [0, 0.05) is 25.3 Å². The van der Waals surface area contributed by atoms with E-state index in [1.54, 1.807) is 12.3 Å². The number of aromatic nitrogens is 1. The number of rotatable bonds is 3. The lowest BCUT2D eigenvalue weighted by Gasteiger charge is -2.24. The summed E-state index contributed by atoms with van der Waals surface area (Å²) in [7, 11) is 0. The van der Waals surface area contributed by atoms with Crippen LogP contribution in [-0.4, -0.2) is 37.3 Å². The molecule has 1 aromatic heterocycles. The highest BCUT2D eigenvalue weighted by molar-refractivity contribution is 5.35. The minimum atomic E-state index is -0.325. The van der Waals surface area contributed by atoms with E-state index >= 15 is 0 Å². The fraction of sp³-hybridized carbons (Fsp3) is 0.500. The maximum Gasteiger partial charge on any atom is 0.165 e. The number of hydrogen-bond acceptors (Lipinski definition) is 4. The predicted octanol–water partition coefficient (Wildman–Crippen LogP) is 0.621. The van der Waals surface area contributed by atoms with Crippen LogP contribution in [0.5, 0.6) is 0 Å². The molecule has 0 aromatic carbocycles. The van der Waals surface area contributed by atoms with Crippen molar-refractivity contribution in [3.05, 3.63) is 24.1 Å². The summed E-state index contributed by atoms with van der Waals surface area (Å²) < 4.78 is 18.5. The molecule has 1 aliphatic rings. The number of nitrogens with one attached hydrogen (secondary N) is 2. The van der Waals surface area contributed by atoms with Crippen molar-refractivity contribution in [1.29, 1.82) is 0 Å². The molecule has 2 heterocycles. The smallest absolute Gasteiger partial charge is 0.165 e. The molecule has 0 aliphatic carbocycles. The monoisotopic (exact) mass is 211 g/mol. The first-order valence-electron chi connectivity index (χ1n) is 5.02. The molecule has 0 amide bonds. The van der Waals surface area contributed by atoms with Gasteiger partial charge in [0.05, 0.1) is 13.2 Å². The first kappa shape index (κ1) is 10.3. The van der Waals surface area contributed by atoms with E-state index < -0.39 is 0 Å². The molecule has 1 aliphatic heterocycles. The predicted molar refractivity (Wildman–Crippen MR) is 55.3 cm³/mol. The standard InChI is InChI=1S/C10H14FN3O/c11-9-2-1-3-13-10(9)14-6-8-7-15-5-4-12-8/h1-3,8,12H,4-7H2,(H,13,14). The number of ether oxygens (including phenoxy) is 1. The zero-order chi connectivity index (χ0) is 10.5. The summed E-state index contributed by atoms with van der Waals surface area (Å²) in [6, 6.07) is 3.18. The van der Waals surface area contributed by atoms with Crippen molar-refractivity contribution in [2.75, 3.05) is 31.6 Å². The van der Waals surface area contributed by atoms with Crippen LogP contribution in [0.15, 0.2) is 18.3 Å². The maximum absolute atomic E-state index is 13.2. The zero-order valence-corrected chi connectivity index (χ0v) is 8.37. The molecule has 2 rings (SSSR count). The van der Waals surface area contributed by atoms with Crippen molar-refractivity contribution >= 4 is 5.82 Å². The molecule has 0 bridgehead atoms. The molecule has 82 valence electrons. The highest BCUT2D eigenvalue weighted by Crippen LogP contribution is 2.08. The Balaban J connectivity index is 1.84. The second kappa shape index (κ2) is 5.04. The van der Waals surface area contributed by atoms with Crippen molar-refractivity contribution < 1.29 is 9.13 Å². The Morgan fingerprint density at radius 1 is 1.67 bits per heavy atom. The van der Waals surface area contributed by atoms with Gasteiger partial charge in [-0.05, 0) is 12.1 Å². The van der Waals surface area contributed by atoms with Crippen LogP contribution < -0.4 is 10.6 Å². The van der Waals surface area contributed by atoms with E-state index in [2.05, 4.69) is 15.6 Å². The third-order valence-corrected chi connectivity index (χ3v) is 2.27. The summed E-state index contributed by atoms with van der Waals surface area (Å²) in [5, 5.41) is 6.23. The summed E-state index contributed by atoms with van der Waals surface area (Å²) in [6.07, 6.45) is 1.57. The number of nitrogens with zero attached hydrogens (tertiary/aromatic N) is 1. The topological polar surface area (TPSA) is 46.2 Å². The molecule has 1 aromatic rings. The second-order valence-corrected chi connectivity index (χ2v) is 3.44. The summed E-state index contributed by atoms with van der Waals surface area (Å²) in [6.45, 7) is 2.86. The van der Waals surface area contributed by atoms with Gasteiger partial charge in [-0.1, -0.05) is 0 Å². The van der Waals surface area contributed by atoms with E-state index in [1.807, 2.05) is 0 Å². The molecule has 15 heavy (non-hydrogen) atoms. The number of halogens is 1. The van der Waals surface area contributed by atoms with Crippen LogP contribution in [0.4, 0.5) is 10.2 Å². The van der Waals surface area contributed by atoms with Gasteiger partial charge in [-0.3, -0.25) is 0 Å². The van der Waals surface area contributed by atoms with E-state index in [0.717, 1.165) is 13.2 Å². The van der Waals surface area contributed by atoms with E-state index in [0.29, 0.717) is 19.0 Å². The van der Waals surface area contributed by atoms with Crippen LogP contribution in [0.2, 0.25) is 0 Å². The van der Waals surface area contributed by atoms with Crippen LogP contribution in [0, 0.1) is 5.82 Å². The molecule has 1 saturated heterocycles. The van der Waals surface area contributed by atoms with E-state index in [4.69, 9.17) is 4.74 Å². The number of morpholine rings is 1. The second-order valence-electron chi connectivity index (χ2n) is 3.44. The Bertz CT molecular complexity index is 315. The highest BCUT2D eigenvalue weighted by atomic mass is 19.1. The van der Waals surface area contributed by atoms with E-state index in [-0.39, 0.29) is 11.9 Å². The molecule has 1 fully saturated rings. The van der Waals surface area contributed by atoms with Crippen LogP contribution in [0.25, 0.3) is 0 Å². The van der Waals surface area contributed by atoms with E-state index in [9.17, 15) is 4.39 Å². The molecule has 5 heteroatoms. The summed E-state index contributed by atoms with van der Waals surface area (Å²) >= 11 is 0. The summed E-state index contributed by atoms with van der Waals surface area (Å²) in [4.78, 5) is 3.91. The van der Waals surface area contributed by atoms with Crippen molar-refractivity contribution in [3.63, 3.8) is 0 Å². The lowest BCUT2D eigenvalue weighted by Crippen LogP contribution is -2.45. The summed E-state index contributed by atoms with van der Waals surface area (Å²) in [5.41, 5.74) is 0. The average molecular weight is 211 g/mol. The Morgan fingerprint density at radius 3 is 3.33 bits per heavy atom. The van der Waals surface area contributed by atoms with Crippen LogP contribution in [0.1, 0.15) is 0 Å². The molecule has 1 unspecified atom stereocenters. The molecule has 0 radical (unpaired) electrons. The normalized spacial score (nSPS) is 21.3. The van der Waals surface area contributed by atoms with Gasteiger partial charge >= 0.3 is 0 Å². The quantitative estimate of drug-likeness (QED) is 0.769. The van der Waals surface area contributed by atoms with Crippen LogP contribution in [0.3, 0.4) is 0 Å². The minimum Gasteiger partial charge on any atom is -0.378 e. The number of anilines is 1. The molecule has 4 nitrogen and oxygen atoms in total. The minimum absolute atomic E-state index is 0.222. The molecule has 1 atom stereocenters. The largest absolute Gasteiger partial charge is 0.378 e. The third kappa shape index (κ3) is 2.87. The fourth-order valence-corrected chi connectivity index (χ4v) is 1.49. The molecular weight excluding hydrogens is 197 g/mol. The third-order valence-electron chi connectivity index (χ3n) is 2.27. The number of pyridine rings is 1. The average Bonchev–Trinajstić information content (AvgIpc) is 2.29. The van der Waals surface area contributed by atoms with Crippen molar-refractivity contribution in [1.82, 2.24) is 10.3 Å². The van der Waals surface area contributed by atoms with Gasteiger partial charge in [0.1, 0.15) is 0 Å². The van der Waals surface area contributed by atoms with Crippen LogP contribution in [-0.2, 0) is 4.74 Å². The van der Waals surface area contributed by atoms with Crippen molar-refractivity contribution in [3.8, 4) is 0 Å². The van der Waals surface area contributed by atoms with Gasteiger partial charge in [-0.25, -0.2) is 9.37 Å². The lowest BCUT2D eigenvalue weighted by atomic mass is 10.3. The van der Waals surface area contributed by atoms with Crippen molar-refractivity contribution in [2.24, 2.45) is 0 Å². The van der Waals surface area contributed by atoms with Crippen molar-refractivity contribution in [2.45, 2.75) is 6.04 Å². The Labute approximate surface area is 87.8 Å². The molecular formula is C10H14FN3O. The zero-order valence-electron chi connectivity index (χ0n) is 8.37. The van der Waals surface area contributed by atoms with Gasteiger partial charge in [0.2, 0.25) is 0 Å². The van der Waals surface area contributed by atoms with E-state index in [1.165, 1.54) is 6.07 Å².